The van der Waals surface area contributed by atoms with E-state index < -0.39 is 17.5 Å². The van der Waals surface area contributed by atoms with Crippen molar-refractivity contribution >= 4 is 17.8 Å². The van der Waals surface area contributed by atoms with Crippen LogP contribution in [0.25, 0.3) is 0 Å². The Kier molecular flexibility index (Phi) is 5.15. The summed E-state index contributed by atoms with van der Waals surface area (Å²) in [4.78, 5) is 28.3. The summed E-state index contributed by atoms with van der Waals surface area (Å²) in [6, 6.07) is 1.70. The first-order valence-electron chi connectivity index (χ1n) is 6.82. The third-order valence-electron chi connectivity index (χ3n) is 3.19. The van der Waals surface area contributed by atoms with Gasteiger partial charge in [-0.3, -0.25) is 9.69 Å². The number of nitrogens with one attached hydrogen (secondary N) is 1. The van der Waals surface area contributed by atoms with Crippen molar-refractivity contribution in [3.63, 3.8) is 0 Å². The van der Waals surface area contributed by atoms with Gasteiger partial charge < -0.3 is 10.4 Å². The van der Waals surface area contributed by atoms with Crippen LogP contribution < -0.4 is 10.2 Å². The summed E-state index contributed by atoms with van der Waals surface area (Å²) < 4.78 is 0. The maximum absolute atomic E-state index is 11.5. The Labute approximate surface area is 130 Å². The topological polar surface area (TPSA) is 82.5 Å². The van der Waals surface area contributed by atoms with Crippen LogP contribution in [0.2, 0.25) is 0 Å². The smallest absolute Gasteiger partial charge is 0.413 e. The number of nitrogens with zero attached hydrogens (tertiary/aromatic N) is 2. The number of carboxylic acid groups (broad SMARTS) is 1. The number of aryl methyl sites for hydroxylation is 2. The molecule has 0 radical (unpaired) electrons. The van der Waals surface area contributed by atoms with E-state index in [4.69, 9.17) is 6.42 Å². The van der Waals surface area contributed by atoms with Gasteiger partial charge in [0, 0.05) is 17.8 Å². The quantitative estimate of drug-likeness (QED) is 0.839. The molecule has 1 aromatic rings. The van der Waals surface area contributed by atoms with Crippen LogP contribution in [-0.4, -0.2) is 27.6 Å². The van der Waals surface area contributed by atoms with Gasteiger partial charge in [-0.2, -0.15) is 0 Å². The lowest BCUT2D eigenvalue weighted by Crippen LogP contribution is -2.45. The summed E-state index contributed by atoms with van der Waals surface area (Å²) >= 11 is 0. The summed E-state index contributed by atoms with van der Waals surface area (Å²) in [7, 11) is 0. The molecule has 0 aromatic carbocycles. The molecule has 0 aliphatic rings. The molecule has 0 saturated heterocycles. The van der Waals surface area contributed by atoms with Gasteiger partial charge in [-0.05, 0) is 57.7 Å². The first-order valence-corrected chi connectivity index (χ1v) is 6.82. The number of aromatic nitrogens is 1. The van der Waals surface area contributed by atoms with E-state index in [0.717, 1.165) is 11.1 Å². The fourth-order valence-corrected chi connectivity index (χ4v) is 2.17. The number of carbonyl (C=O) groups excluding carboxylic acids is 1. The number of pyridine rings is 1. The lowest BCUT2D eigenvalue weighted by molar-refractivity contribution is -0.115. The van der Waals surface area contributed by atoms with Crippen molar-refractivity contribution in [2.24, 2.45) is 0 Å². The molecule has 0 spiro atoms. The standard InChI is InChI=1S/C16H21N3O3/c1-7-14(20)17-9-12-10(2)8-13(18-11(12)3)19(15(21)22)16(4,5)6/h1,8H,9H2,2-6H3,(H,17,20)(H,21,22). The van der Waals surface area contributed by atoms with E-state index in [0.29, 0.717) is 11.5 Å². The van der Waals surface area contributed by atoms with Crippen molar-refractivity contribution < 1.29 is 14.7 Å². The van der Waals surface area contributed by atoms with E-state index in [1.165, 1.54) is 4.90 Å². The van der Waals surface area contributed by atoms with Crippen molar-refractivity contribution in [1.29, 1.82) is 0 Å². The van der Waals surface area contributed by atoms with E-state index >= 15 is 0 Å². The minimum atomic E-state index is -1.06. The second-order valence-electron chi connectivity index (χ2n) is 5.98. The van der Waals surface area contributed by atoms with E-state index in [1.807, 2.05) is 12.8 Å². The fourth-order valence-electron chi connectivity index (χ4n) is 2.17. The maximum Gasteiger partial charge on any atom is 0.413 e. The number of carbonyl (C=O) groups is 2. The lowest BCUT2D eigenvalue weighted by atomic mass is 10.0. The van der Waals surface area contributed by atoms with E-state index in [9.17, 15) is 14.7 Å². The fraction of sp³-hybridized carbons (Fsp3) is 0.438. The first kappa shape index (κ1) is 17.5. The highest BCUT2D eigenvalue weighted by Gasteiger charge is 2.29. The van der Waals surface area contributed by atoms with Crippen LogP contribution in [0, 0.1) is 26.2 Å². The normalized spacial score (nSPS) is 10.7. The molecule has 2 N–H and O–H groups in total. The Morgan fingerprint density at radius 3 is 2.41 bits per heavy atom. The number of rotatable bonds is 3. The van der Waals surface area contributed by atoms with Gasteiger partial charge in [0.05, 0.1) is 0 Å². The Balaban J connectivity index is 3.20. The van der Waals surface area contributed by atoms with Gasteiger partial charge in [0.1, 0.15) is 5.82 Å². The number of terminal acetylenes is 1. The molecule has 118 valence electrons. The second-order valence-corrected chi connectivity index (χ2v) is 5.98. The third-order valence-corrected chi connectivity index (χ3v) is 3.19. The largest absolute Gasteiger partial charge is 0.465 e. The van der Waals surface area contributed by atoms with Crippen LogP contribution in [0.15, 0.2) is 6.07 Å². The zero-order valence-corrected chi connectivity index (χ0v) is 13.5. The average molecular weight is 303 g/mol. The third kappa shape index (κ3) is 3.98. The summed E-state index contributed by atoms with van der Waals surface area (Å²) in [5, 5.41) is 12.0. The van der Waals surface area contributed by atoms with Gasteiger partial charge in [-0.1, -0.05) is 0 Å². The van der Waals surface area contributed by atoms with E-state index in [-0.39, 0.29) is 6.54 Å². The number of hydrogen-bond donors (Lipinski definition) is 2. The van der Waals surface area contributed by atoms with Gasteiger partial charge in [-0.15, -0.1) is 6.42 Å². The molecule has 6 nitrogen and oxygen atoms in total. The summed E-state index contributed by atoms with van der Waals surface area (Å²) in [5.74, 6) is 1.85. The van der Waals surface area contributed by atoms with Crippen LogP contribution in [0.4, 0.5) is 10.6 Å². The van der Waals surface area contributed by atoms with Crippen LogP contribution >= 0.6 is 0 Å². The van der Waals surface area contributed by atoms with Gasteiger partial charge in [0.15, 0.2) is 0 Å². The zero-order valence-electron chi connectivity index (χ0n) is 13.5. The molecule has 6 heteroatoms. The minimum absolute atomic E-state index is 0.260. The van der Waals surface area contributed by atoms with Crippen LogP contribution in [0.3, 0.4) is 0 Å². The molecular weight excluding hydrogens is 282 g/mol. The highest BCUT2D eigenvalue weighted by atomic mass is 16.4. The maximum atomic E-state index is 11.5. The van der Waals surface area contributed by atoms with Crippen LogP contribution in [-0.2, 0) is 11.3 Å². The molecule has 1 heterocycles. The molecule has 0 saturated carbocycles. The van der Waals surface area contributed by atoms with Crippen molar-refractivity contribution in [3.05, 3.63) is 22.9 Å². The number of hydrogen-bond acceptors (Lipinski definition) is 3. The highest BCUT2D eigenvalue weighted by molar-refractivity contribution is 5.92. The second kappa shape index (κ2) is 6.48. The Morgan fingerprint density at radius 2 is 2.00 bits per heavy atom. The average Bonchev–Trinajstić information content (AvgIpc) is 2.35. The molecule has 0 aliphatic heterocycles. The SMILES string of the molecule is C#CC(=O)NCc1c(C)cc(N(C(=O)O)C(C)(C)C)nc1C. The molecule has 2 amide bonds. The highest BCUT2D eigenvalue weighted by Crippen LogP contribution is 2.25. The Hall–Kier alpha value is -2.55. The van der Waals surface area contributed by atoms with Gasteiger partial charge in [0.2, 0.25) is 0 Å². The minimum Gasteiger partial charge on any atom is -0.465 e. The van der Waals surface area contributed by atoms with Gasteiger partial charge >= 0.3 is 6.09 Å². The molecule has 1 aromatic heterocycles. The number of amides is 2. The van der Waals surface area contributed by atoms with Crippen molar-refractivity contribution in [2.75, 3.05) is 4.90 Å². The zero-order chi connectivity index (χ0) is 17.1. The van der Waals surface area contributed by atoms with E-state index in [2.05, 4.69) is 10.3 Å². The first-order chi connectivity index (χ1) is 10.1. The van der Waals surface area contributed by atoms with Gasteiger partial charge in [0.25, 0.3) is 5.91 Å². The monoisotopic (exact) mass is 303 g/mol. The molecule has 0 unspecified atom stereocenters. The molecular formula is C16H21N3O3. The molecule has 0 fully saturated rings. The summed E-state index contributed by atoms with van der Waals surface area (Å²) in [5.41, 5.74) is 1.71. The molecule has 0 aliphatic carbocycles. The predicted molar refractivity (Wildman–Crippen MR) is 84.6 cm³/mol. The Bertz CT molecular complexity index is 616. The molecule has 22 heavy (non-hydrogen) atoms. The summed E-state index contributed by atoms with van der Waals surface area (Å²) in [6.07, 6.45) is 3.94. The lowest BCUT2D eigenvalue weighted by Gasteiger charge is -2.32. The predicted octanol–water partition coefficient (Wildman–Crippen LogP) is 2.23. The van der Waals surface area contributed by atoms with Crippen LogP contribution in [0.1, 0.15) is 37.6 Å². The van der Waals surface area contributed by atoms with Crippen molar-refractivity contribution in [1.82, 2.24) is 10.3 Å². The van der Waals surface area contributed by atoms with Crippen LogP contribution in [0.5, 0.6) is 0 Å². The Morgan fingerprint density at radius 1 is 1.41 bits per heavy atom. The summed E-state index contributed by atoms with van der Waals surface area (Å²) in [6.45, 7) is 9.28. The molecule has 0 bridgehead atoms. The molecule has 0 atom stereocenters. The number of anilines is 1. The van der Waals surface area contributed by atoms with E-state index in [1.54, 1.807) is 33.8 Å². The van der Waals surface area contributed by atoms with Crippen molar-refractivity contribution in [2.45, 2.75) is 46.7 Å². The van der Waals surface area contributed by atoms with Gasteiger partial charge in [-0.25, -0.2) is 9.78 Å². The van der Waals surface area contributed by atoms with Crippen molar-refractivity contribution in [3.8, 4) is 12.3 Å². The molecule has 1 rings (SSSR count).